The molecule has 0 unspecified atom stereocenters. The quantitative estimate of drug-likeness (QED) is 0.865. The molecule has 0 aromatic heterocycles. The Bertz CT molecular complexity index is 381. The van der Waals surface area contributed by atoms with Crippen molar-refractivity contribution >= 4 is 24.0 Å². The Morgan fingerprint density at radius 2 is 1.94 bits per heavy atom. The fourth-order valence-electron chi connectivity index (χ4n) is 1.20. The molecule has 1 atom stereocenters. The summed E-state index contributed by atoms with van der Waals surface area (Å²) in [5.74, 6) is 0.896. The average molecular weight is 273 g/mol. The summed E-state index contributed by atoms with van der Waals surface area (Å²) in [4.78, 5) is 11.5. The molecule has 18 heavy (non-hydrogen) atoms. The Labute approximate surface area is 114 Å². The molecule has 0 bridgehead atoms. The third-order valence-electron chi connectivity index (χ3n) is 2.13. The number of para-hydroxylation sites is 2. The normalized spacial score (nSPS) is 11.6. The van der Waals surface area contributed by atoms with E-state index in [0.29, 0.717) is 24.0 Å². The van der Waals surface area contributed by atoms with Gasteiger partial charge in [-0.25, -0.2) is 0 Å². The van der Waals surface area contributed by atoms with E-state index in [0.717, 1.165) is 0 Å². The smallest absolute Gasteiger partial charge is 0.241 e. The molecule has 102 valence electrons. The van der Waals surface area contributed by atoms with Crippen LogP contribution in [-0.2, 0) is 4.79 Å². The van der Waals surface area contributed by atoms with E-state index in [2.05, 4.69) is 19.2 Å². The summed E-state index contributed by atoms with van der Waals surface area (Å²) in [6.07, 6.45) is 0. The number of benzene rings is 1. The minimum atomic E-state index is -0.534. The second kappa shape index (κ2) is 7.95. The molecule has 0 spiro atoms. The van der Waals surface area contributed by atoms with Gasteiger partial charge >= 0.3 is 0 Å². The second-order valence-corrected chi connectivity index (χ2v) is 4.48. The molecule has 0 aliphatic carbocycles. The number of hydrogen-bond acceptors (Lipinski definition) is 3. The molecule has 1 aromatic carbocycles. The number of carbonyl (C=O) groups excluding carboxylic acids is 1. The second-order valence-electron chi connectivity index (χ2n) is 4.48. The van der Waals surface area contributed by atoms with Gasteiger partial charge in [0.15, 0.2) is 0 Å². The maximum absolute atomic E-state index is 11.5. The van der Waals surface area contributed by atoms with E-state index in [1.54, 1.807) is 13.0 Å². The lowest BCUT2D eigenvalue weighted by Gasteiger charge is -2.14. The summed E-state index contributed by atoms with van der Waals surface area (Å²) in [5, 5.41) is 2.74. The Hall–Kier alpha value is -1.26. The summed E-state index contributed by atoms with van der Waals surface area (Å²) in [5.41, 5.74) is 6.17. The van der Waals surface area contributed by atoms with Crippen molar-refractivity contribution in [1.29, 1.82) is 0 Å². The zero-order valence-electron chi connectivity index (χ0n) is 11.0. The van der Waals surface area contributed by atoms with Gasteiger partial charge in [0, 0.05) is 0 Å². The largest absolute Gasteiger partial charge is 0.491 e. The zero-order chi connectivity index (χ0) is 12.8. The number of halogens is 1. The number of rotatable bonds is 5. The van der Waals surface area contributed by atoms with E-state index in [1.807, 2.05) is 18.2 Å². The number of nitrogens with one attached hydrogen (secondary N) is 1. The summed E-state index contributed by atoms with van der Waals surface area (Å²) >= 11 is 0. The van der Waals surface area contributed by atoms with Crippen molar-refractivity contribution in [3.8, 4) is 5.75 Å². The fourth-order valence-corrected chi connectivity index (χ4v) is 1.20. The van der Waals surface area contributed by atoms with Crippen molar-refractivity contribution < 1.29 is 9.53 Å². The van der Waals surface area contributed by atoms with Gasteiger partial charge in [-0.3, -0.25) is 4.79 Å². The molecule has 0 fully saturated rings. The molecular weight excluding hydrogens is 252 g/mol. The molecule has 4 nitrogen and oxygen atoms in total. The minimum Gasteiger partial charge on any atom is -0.491 e. The van der Waals surface area contributed by atoms with Crippen molar-refractivity contribution in [1.82, 2.24) is 0 Å². The topological polar surface area (TPSA) is 64.3 Å². The highest BCUT2D eigenvalue weighted by atomic mass is 35.5. The summed E-state index contributed by atoms with van der Waals surface area (Å²) in [6, 6.07) is 6.82. The first-order valence-electron chi connectivity index (χ1n) is 5.79. The van der Waals surface area contributed by atoms with Crippen LogP contribution in [0.5, 0.6) is 5.75 Å². The molecule has 3 N–H and O–H groups in total. The van der Waals surface area contributed by atoms with Gasteiger partial charge in [-0.2, -0.15) is 0 Å². The molecule has 0 saturated heterocycles. The van der Waals surface area contributed by atoms with Gasteiger partial charge in [0.1, 0.15) is 5.75 Å². The summed E-state index contributed by atoms with van der Waals surface area (Å²) in [7, 11) is 0. The highest BCUT2D eigenvalue weighted by Crippen LogP contribution is 2.24. The number of carbonyl (C=O) groups is 1. The molecule has 0 radical (unpaired) electrons. The average Bonchev–Trinajstić information content (AvgIpc) is 2.27. The first kappa shape index (κ1) is 16.7. The standard InChI is InChI=1S/C13H20N2O2.ClH/c1-9(2)8-17-12-7-5-4-6-11(12)15-13(16)10(3)14;/h4-7,9-10H,8,14H2,1-3H3,(H,15,16);1H/t10-;/m1./s1. The molecule has 5 heteroatoms. The van der Waals surface area contributed by atoms with Crippen LogP contribution in [-0.4, -0.2) is 18.6 Å². The molecule has 1 rings (SSSR count). The van der Waals surface area contributed by atoms with Gasteiger partial charge in [-0.15, -0.1) is 12.4 Å². The highest BCUT2D eigenvalue weighted by molar-refractivity contribution is 5.95. The van der Waals surface area contributed by atoms with E-state index < -0.39 is 6.04 Å². The van der Waals surface area contributed by atoms with Crippen molar-refractivity contribution in [2.24, 2.45) is 11.7 Å². The zero-order valence-corrected chi connectivity index (χ0v) is 11.8. The fraction of sp³-hybridized carbons (Fsp3) is 0.462. The van der Waals surface area contributed by atoms with E-state index in [4.69, 9.17) is 10.5 Å². The van der Waals surface area contributed by atoms with Crippen molar-refractivity contribution in [3.63, 3.8) is 0 Å². The van der Waals surface area contributed by atoms with Crippen LogP contribution in [0, 0.1) is 5.92 Å². The summed E-state index contributed by atoms with van der Waals surface area (Å²) < 4.78 is 5.62. The minimum absolute atomic E-state index is 0. The maximum atomic E-state index is 11.5. The predicted octanol–water partition coefficient (Wildman–Crippen LogP) is 2.43. The molecule has 0 aliphatic heterocycles. The van der Waals surface area contributed by atoms with Gasteiger partial charge in [0.05, 0.1) is 18.3 Å². The van der Waals surface area contributed by atoms with Crippen molar-refractivity contribution in [3.05, 3.63) is 24.3 Å². The van der Waals surface area contributed by atoms with Gasteiger partial charge < -0.3 is 15.8 Å². The van der Waals surface area contributed by atoms with Gasteiger partial charge in [-0.05, 0) is 25.0 Å². The van der Waals surface area contributed by atoms with E-state index in [1.165, 1.54) is 0 Å². The van der Waals surface area contributed by atoms with E-state index >= 15 is 0 Å². The van der Waals surface area contributed by atoms with Crippen LogP contribution in [0.2, 0.25) is 0 Å². The predicted molar refractivity (Wildman–Crippen MR) is 76.3 cm³/mol. The van der Waals surface area contributed by atoms with Crippen LogP contribution in [0.25, 0.3) is 0 Å². The molecule has 0 heterocycles. The van der Waals surface area contributed by atoms with Gasteiger partial charge in [0.25, 0.3) is 0 Å². The van der Waals surface area contributed by atoms with Crippen LogP contribution >= 0.6 is 12.4 Å². The first-order chi connectivity index (χ1) is 8.00. The monoisotopic (exact) mass is 272 g/mol. The van der Waals surface area contributed by atoms with Crippen LogP contribution in [0.4, 0.5) is 5.69 Å². The first-order valence-corrected chi connectivity index (χ1v) is 5.79. The Balaban J connectivity index is 0.00000289. The van der Waals surface area contributed by atoms with Gasteiger partial charge in [0.2, 0.25) is 5.91 Å². The van der Waals surface area contributed by atoms with Gasteiger partial charge in [-0.1, -0.05) is 26.0 Å². The number of ether oxygens (including phenoxy) is 1. The third-order valence-corrected chi connectivity index (χ3v) is 2.13. The lowest BCUT2D eigenvalue weighted by molar-refractivity contribution is -0.117. The SMILES string of the molecule is CC(C)COc1ccccc1NC(=O)[C@@H](C)N.Cl. The van der Waals surface area contributed by atoms with Crippen LogP contribution < -0.4 is 15.8 Å². The van der Waals surface area contributed by atoms with E-state index in [-0.39, 0.29) is 18.3 Å². The van der Waals surface area contributed by atoms with Crippen LogP contribution in [0.15, 0.2) is 24.3 Å². The maximum Gasteiger partial charge on any atom is 0.241 e. The molecule has 0 saturated carbocycles. The molecule has 1 amide bonds. The summed E-state index contributed by atoms with van der Waals surface area (Å²) in [6.45, 7) is 6.41. The number of hydrogen-bond donors (Lipinski definition) is 2. The van der Waals surface area contributed by atoms with E-state index in [9.17, 15) is 4.79 Å². The highest BCUT2D eigenvalue weighted by Gasteiger charge is 2.11. The number of amides is 1. The van der Waals surface area contributed by atoms with Crippen molar-refractivity contribution in [2.45, 2.75) is 26.8 Å². The lowest BCUT2D eigenvalue weighted by atomic mass is 10.2. The third kappa shape index (κ3) is 5.38. The molecular formula is C13H21ClN2O2. The number of nitrogens with two attached hydrogens (primary N) is 1. The van der Waals surface area contributed by atoms with Crippen LogP contribution in [0.1, 0.15) is 20.8 Å². The van der Waals surface area contributed by atoms with Crippen molar-refractivity contribution in [2.75, 3.05) is 11.9 Å². The lowest BCUT2D eigenvalue weighted by Crippen LogP contribution is -2.32. The molecule has 1 aromatic rings. The molecule has 0 aliphatic rings. The Morgan fingerprint density at radius 3 is 2.50 bits per heavy atom. The Morgan fingerprint density at radius 1 is 1.33 bits per heavy atom. The van der Waals surface area contributed by atoms with Crippen LogP contribution in [0.3, 0.4) is 0 Å². The number of anilines is 1. The Kier molecular flexibility index (Phi) is 7.39.